The van der Waals surface area contributed by atoms with Crippen molar-refractivity contribution in [1.29, 1.82) is 0 Å². The van der Waals surface area contributed by atoms with Gasteiger partial charge in [-0.1, -0.05) is 36.4 Å². The number of amides is 1. The van der Waals surface area contributed by atoms with Crippen molar-refractivity contribution in [3.8, 4) is 0 Å². The number of aliphatic hydroxyl groups excluding tert-OH is 1. The lowest BCUT2D eigenvalue weighted by molar-refractivity contribution is 0.0482. The third-order valence-corrected chi connectivity index (χ3v) is 3.41. The molecule has 1 aromatic heterocycles. The molecule has 1 heterocycles. The Hall–Kier alpha value is -2.20. The van der Waals surface area contributed by atoms with Gasteiger partial charge in [0.1, 0.15) is 5.69 Å². The van der Waals surface area contributed by atoms with Crippen LogP contribution in [0.2, 0.25) is 0 Å². The summed E-state index contributed by atoms with van der Waals surface area (Å²) in [6.45, 7) is 1.82. The van der Waals surface area contributed by atoms with Gasteiger partial charge >= 0.3 is 0 Å². The molecular weight excluding hydrogens is 252 g/mol. The minimum absolute atomic E-state index is 0.201. The van der Waals surface area contributed by atoms with Crippen LogP contribution in [0.1, 0.15) is 29.1 Å². The molecule has 0 aliphatic carbocycles. The van der Waals surface area contributed by atoms with E-state index in [1.54, 1.807) is 31.4 Å². The number of rotatable bonds is 4. The van der Waals surface area contributed by atoms with Gasteiger partial charge < -0.3 is 10.0 Å². The van der Waals surface area contributed by atoms with Crippen molar-refractivity contribution in [2.75, 3.05) is 7.05 Å². The van der Waals surface area contributed by atoms with Gasteiger partial charge in [-0.25, -0.2) is 0 Å². The summed E-state index contributed by atoms with van der Waals surface area (Å²) in [5.41, 5.74) is 1.17. The summed E-state index contributed by atoms with van der Waals surface area (Å²) in [6, 6.07) is 14.2. The predicted molar refractivity (Wildman–Crippen MR) is 77.2 cm³/mol. The molecule has 104 valence electrons. The van der Waals surface area contributed by atoms with Gasteiger partial charge in [-0.15, -0.1) is 0 Å². The monoisotopic (exact) mass is 270 g/mol. The summed E-state index contributed by atoms with van der Waals surface area (Å²) >= 11 is 0. The number of aromatic nitrogens is 1. The van der Waals surface area contributed by atoms with Gasteiger partial charge in [0.05, 0.1) is 12.1 Å². The molecule has 2 atom stereocenters. The van der Waals surface area contributed by atoms with Gasteiger partial charge in [0, 0.05) is 13.2 Å². The molecule has 1 amide bonds. The Bertz CT molecular complexity index is 557. The first-order chi connectivity index (χ1) is 9.61. The molecule has 0 aliphatic rings. The van der Waals surface area contributed by atoms with Crippen LogP contribution in [-0.2, 0) is 0 Å². The maximum atomic E-state index is 12.3. The average Bonchev–Trinajstić information content (AvgIpc) is 2.53. The second-order valence-electron chi connectivity index (χ2n) is 4.73. The highest BCUT2D eigenvalue weighted by molar-refractivity contribution is 5.92. The van der Waals surface area contributed by atoms with E-state index >= 15 is 0 Å². The summed E-state index contributed by atoms with van der Waals surface area (Å²) < 4.78 is 0. The average molecular weight is 270 g/mol. The smallest absolute Gasteiger partial charge is 0.272 e. The van der Waals surface area contributed by atoms with Crippen molar-refractivity contribution >= 4 is 5.91 Å². The molecular formula is C16H18N2O2. The standard InChI is InChI=1S/C16H18N2O2/c1-12(15(19)13-8-4-3-5-9-13)18(2)16(20)14-10-6-7-11-17-14/h3-12,15,19H,1-2H3. The topological polar surface area (TPSA) is 53.4 Å². The SMILES string of the molecule is CC(C(O)c1ccccc1)N(C)C(=O)c1ccccn1. The van der Waals surface area contributed by atoms with E-state index in [1.165, 1.54) is 4.90 Å². The Morgan fingerprint density at radius 2 is 1.80 bits per heavy atom. The van der Waals surface area contributed by atoms with Gasteiger partial charge in [0.2, 0.25) is 0 Å². The fraction of sp³-hybridized carbons (Fsp3) is 0.250. The van der Waals surface area contributed by atoms with Gasteiger partial charge in [0.25, 0.3) is 5.91 Å². The summed E-state index contributed by atoms with van der Waals surface area (Å²) in [5, 5.41) is 10.3. The van der Waals surface area contributed by atoms with Gasteiger partial charge in [-0.3, -0.25) is 9.78 Å². The van der Waals surface area contributed by atoms with Gasteiger partial charge in [-0.05, 0) is 24.6 Å². The molecule has 1 aromatic carbocycles. The number of nitrogens with zero attached hydrogens (tertiary/aromatic N) is 2. The molecule has 0 saturated carbocycles. The minimum Gasteiger partial charge on any atom is -0.386 e. The quantitative estimate of drug-likeness (QED) is 0.927. The maximum absolute atomic E-state index is 12.3. The second-order valence-corrected chi connectivity index (χ2v) is 4.73. The third kappa shape index (κ3) is 3.03. The van der Waals surface area contributed by atoms with Crippen molar-refractivity contribution in [2.45, 2.75) is 19.1 Å². The Labute approximate surface area is 118 Å². The first kappa shape index (κ1) is 14.2. The van der Waals surface area contributed by atoms with E-state index in [9.17, 15) is 9.90 Å². The second kappa shape index (κ2) is 6.30. The Balaban J connectivity index is 2.13. The first-order valence-corrected chi connectivity index (χ1v) is 6.52. The zero-order valence-corrected chi connectivity index (χ0v) is 11.6. The summed E-state index contributed by atoms with van der Waals surface area (Å²) in [5.74, 6) is -0.201. The van der Waals surface area contributed by atoms with Gasteiger partial charge in [0.15, 0.2) is 0 Å². The fourth-order valence-corrected chi connectivity index (χ4v) is 2.00. The van der Waals surface area contributed by atoms with Crippen molar-refractivity contribution in [1.82, 2.24) is 9.88 Å². The number of likely N-dealkylation sites (N-methyl/N-ethyl adjacent to an activating group) is 1. The molecule has 20 heavy (non-hydrogen) atoms. The van der Waals surface area contributed by atoms with Crippen LogP contribution < -0.4 is 0 Å². The van der Waals surface area contributed by atoms with Crippen LogP contribution in [-0.4, -0.2) is 34.0 Å². The molecule has 0 bridgehead atoms. The lowest BCUT2D eigenvalue weighted by Gasteiger charge is -2.29. The van der Waals surface area contributed by atoms with Crippen LogP contribution in [0, 0.1) is 0 Å². The van der Waals surface area contributed by atoms with E-state index in [-0.39, 0.29) is 11.9 Å². The fourth-order valence-electron chi connectivity index (χ4n) is 2.00. The van der Waals surface area contributed by atoms with Crippen molar-refractivity contribution in [3.63, 3.8) is 0 Å². The van der Waals surface area contributed by atoms with Crippen molar-refractivity contribution < 1.29 is 9.90 Å². The molecule has 4 heteroatoms. The zero-order valence-electron chi connectivity index (χ0n) is 11.6. The van der Waals surface area contributed by atoms with E-state index in [0.29, 0.717) is 5.69 Å². The van der Waals surface area contributed by atoms with Crippen LogP contribution >= 0.6 is 0 Å². The molecule has 4 nitrogen and oxygen atoms in total. The number of benzene rings is 1. The van der Waals surface area contributed by atoms with E-state index in [1.807, 2.05) is 37.3 Å². The number of carbonyl (C=O) groups excluding carboxylic acids is 1. The highest BCUT2D eigenvalue weighted by Crippen LogP contribution is 2.20. The number of aliphatic hydroxyl groups is 1. The van der Waals surface area contributed by atoms with Crippen molar-refractivity contribution in [3.05, 3.63) is 66.0 Å². The van der Waals surface area contributed by atoms with Crippen LogP contribution in [0.4, 0.5) is 0 Å². The molecule has 0 fully saturated rings. The minimum atomic E-state index is -0.728. The summed E-state index contributed by atoms with van der Waals surface area (Å²) in [4.78, 5) is 17.8. The summed E-state index contributed by atoms with van der Waals surface area (Å²) in [7, 11) is 1.67. The predicted octanol–water partition coefficient (Wildman–Crippen LogP) is 2.28. The largest absolute Gasteiger partial charge is 0.386 e. The third-order valence-electron chi connectivity index (χ3n) is 3.41. The van der Waals surface area contributed by atoms with Crippen LogP contribution in [0.3, 0.4) is 0 Å². The lowest BCUT2D eigenvalue weighted by atomic mass is 10.0. The molecule has 2 aromatic rings. The normalized spacial score (nSPS) is 13.6. The molecule has 2 rings (SSSR count). The molecule has 0 aliphatic heterocycles. The molecule has 0 spiro atoms. The van der Waals surface area contributed by atoms with E-state index in [0.717, 1.165) is 5.56 Å². The molecule has 1 N–H and O–H groups in total. The highest BCUT2D eigenvalue weighted by Gasteiger charge is 2.25. The molecule has 0 saturated heterocycles. The number of carbonyl (C=O) groups is 1. The first-order valence-electron chi connectivity index (χ1n) is 6.52. The highest BCUT2D eigenvalue weighted by atomic mass is 16.3. The number of hydrogen-bond donors (Lipinski definition) is 1. The van der Waals surface area contributed by atoms with Crippen LogP contribution in [0.25, 0.3) is 0 Å². The van der Waals surface area contributed by atoms with Crippen LogP contribution in [0.15, 0.2) is 54.7 Å². The van der Waals surface area contributed by atoms with E-state index < -0.39 is 6.10 Å². The molecule has 2 unspecified atom stereocenters. The maximum Gasteiger partial charge on any atom is 0.272 e. The lowest BCUT2D eigenvalue weighted by Crippen LogP contribution is -2.39. The molecule has 0 radical (unpaired) electrons. The van der Waals surface area contributed by atoms with Crippen molar-refractivity contribution in [2.24, 2.45) is 0 Å². The number of pyridine rings is 1. The van der Waals surface area contributed by atoms with Gasteiger partial charge in [-0.2, -0.15) is 0 Å². The summed E-state index contributed by atoms with van der Waals surface area (Å²) in [6.07, 6.45) is 0.855. The zero-order chi connectivity index (χ0) is 14.5. The number of hydrogen-bond acceptors (Lipinski definition) is 3. The Kier molecular flexibility index (Phi) is 4.48. The Morgan fingerprint density at radius 3 is 2.40 bits per heavy atom. The van der Waals surface area contributed by atoms with Crippen LogP contribution in [0.5, 0.6) is 0 Å². The Morgan fingerprint density at radius 1 is 1.15 bits per heavy atom. The van der Waals surface area contributed by atoms with E-state index in [4.69, 9.17) is 0 Å². The van der Waals surface area contributed by atoms with E-state index in [2.05, 4.69) is 4.98 Å².